The summed E-state index contributed by atoms with van der Waals surface area (Å²) in [6.45, 7) is 3.98. The molecule has 24 heavy (non-hydrogen) atoms. The van der Waals surface area contributed by atoms with Gasteiger partial charge in [0.15, 0.2) is 5.65 Å². The summed E-state index contributed by atoms with van der Waals surface area (Å²) in [7, 11) is 0. The normalized spacial score (nSPS) is 15.6. The van der Waals surface area contributed by atoms with Crippen LogP contribution in [0.25, 0.3) is 15.9 Å². The first-order valence-electron chi connectivity index (χ1n) is 8.18. The smallest absolute Gasteiger partial charge is 0.352 e. The molecule has 0 aromatic carbocycles. The van der Waals surface area contributed by atoms with Crippen molar-refractivity contribution >= 4 is 33.1 Å². The Balaban J connectivity index is 1.71. The number of hydrogen-bond acceptors (Lipinski definition) is 5. The minimum Gasteiger partial charge on any atom is -0.352 e. The van der Waals surface area contributed by atoms with Crippen molar-refractivity contribution in [2.75, 3.05) is 0 Å². The summed E-state index contributed by atoms with van der Waals surface area (Å²) in [6, 6.07) is 0.236. The molecule has 7 nitrogen and oxygen atoms in total. The molecule has 1 N–H and O–H groups in total. The lowest BCUT2D eigenvalue weighted by molar-refractivity contribution is -0.122. The van der Waals surface area contributed by atoms with Crippen molar-refractivity contribution < 1.29 is 4.79 Å². The molecule has 8 heteroatoms. The molecule has 3 aromatic heterocycles. The average Bonchev–Trinajstić information content (AvgIpc) is 3.22. The maximum absolute atomic E-state index is 12.5. The number of rotatable bonds is 3. The second kappa shape index (κ2) is 5.70. The van der Waals surface area contributed by atoms with Gasteiger partial charge in [-0.15, -0.1) is 16.4 Å². The predicted molar refractivity (Wildman–Crippen MR) is 92.5 cm³/mol. The Kier molecular flexibility index (Phi) is 3.64. The molecule has 126 valence electrons. The minimum atomic E-state index is -0.329. The topological polar surface area (TPSA) is 81.3 Å². The van der Waals surface area contributed by atoms with Gasteiger partial charge < -0.3 is 5.32 Å². The SMILES string of the molecule is Cc1sc2ncn3c(=O)n(CC(=O)NC4CCCC4)nc3c2c1C. The summed E-state index contributed by atoms with van der Waals surface area (Å²) in [4.78, 5) is 31.1. The van der Waals surface area contributed by atoms with Gasteiger partial charge in [-0.2, -0.15) is 0 Å². The third kappa shape index (κ3) is 2.41. The van der Waals surface area contributed by atoms with E-state index in [-0.39, 0.29) is 24.2 Å². The Morgan fingerprint density at radius 3 is 2.88 bits per heavy atom. The van der Waals surface area contributed by atoms with Crippen molar-refractivity contribution in [2.45, 2.75) is 52.1 Å². The summed E-state index contributed by atoms with van der Waals surface area (Å²) in [5, 5.41) is 8.29. The number of carbonyl (C=O) groups is 1. The summed E-state index contributed by atoms with van der Waals surface area (Å²) in [5.41, 5.74) is 1.32. The van der Waals surface area contributed by atoms with Crippen molar-refractivity contribution in [3.63, 3.8) is 0 Å². The van der Waals surface area contributed by atoms with Crippen LogP contribution in [-0.2, 0) is 11.3 Å². The Hall–Kier alpha value is -2.22. The molecule has 1 amide bonds. The lowest BCUT2D eigenvalue weighted by Crippen LogP contribution is -2.37. The number of thiophene rings is 1. The zero-order chi connectivity index (χ0) is 16.8. The van der Waals surface area contributed by atoms with Gasteiger partial charge in [-0.05, 0) is 32.3 Å². The highest BCUT2D eigenvalue weighted by Gasteiger charge is 2.20. The second-order valence-electron chi connectivity index (χ2n) is 6.39. The number of aryl methyl sites for hydroxylation is 2. The third-order valence-corrected chi connectivity index (χ3v) is 5.88. The molecule has 1 fully saturated rings. The van der Waals surface area contributed by atoms with Crippen LogP contribution in [-0.4, -0.2) is 31.1 Å². The van der Waals surface area contributed by atoms with Gasteiger partial charge in [0.05, 0.1) is 5.39 Å². The van der Waals surface area contributed by atoms with E-state index in [4.69, 9.17) is 0 Å². The molecular weight excluding hydrogens is 326 g/mol. The maximum atomic E-state index is 12.5. The molecule has 3 aromatic rings. The number of aromatic nitrogens is 4. The highest BCUT2D eigenvalue weighted by molar-refractivity contribution is 7.18. The standard InChI is InChI=1S/C16H19N5O2S/c1-9-10(2)24-15-13(9)14-19-21(16(23)20(14)8-17-15)7-12(22)18-11-5-3-4-6-11/h8,11H,3-7H2,1-2H3,(H,18,22). The first kappa shape index (κ1) is 15.3. The maximum Gasteiger partial charge on any atom is 0.352 e. The lowest BCUT2D eigenvalue weighted by Gasteiger charge is -2.10. The van der Waals surface area contributed by atoms with Crippen LogP contribution in [0.3, 0.4) is 0 Å². The number of fused-ring (bicyclic) bond motifs is 3. The number of amides is 1. The molecule has 0 spiro atoms. The number of nitrogens with zero attached hydrogens (tertiary/aromatic N) is 4. The van der Waals surface area contributed by atoms with E-state index in [0.29, 0.717) is 5.65 Å². The number of nitrogens with one attached hydrogen (secondary N) is 1. The van der Waals surface area contributed by atoms with Crippen molar-refractivity contribution in [1.29, 1.82) is 0 Å². The first-order chi connectivity index (χ1) is 11.5. The van der Waals surface area contributed by atoms with E-state index < -0.39 is 0 Å². The van der Waals surface area contributed by atoms with Crippen molar-refractivity contribution in [3.8, 4) is 0 Å². The molecule has 3 heterocycles. The van der Waals surface area contributed by atoms with Crippen LogP contribution < -0.4 is 11.0 Å². The largest absolute Gasteiger partial charge is 0.352 e. The third-order valence-electron chi connectivity index (χ3n) is 4.76. The van der Waals surface area contributed by atoms with Gasteiger partial charge >= 0.3 is 5.69 Å². The molecule has 0 bridgehead atoms. The van der Waals surface area contributed by atoms with Gasteiger partial charge in [-0.25, -0.2) is 18.9 Å². The molecule has 0 aliphatic heterocycles. The minimum absolute atomic E-state index is 0.0549. The van der Waals surface area contributed by atoms with Crippen LogP contribution in [0.4, 0.5) is 0 Å². The summed E-state index contributed by atoms with van der Waals surface area (Å²) in [6.07, 6.45) is 5.83. The zero-order valence-electron chi connectivity index (χ0n) is 13.7. The van der Waals surface area contributed by atoms with E-state index in [1.165, 1.54) is 15.4 Å². The molecule has 0 saturated heterocycles. The molecule has 1 saturated carbocycles. The molecule has 0 atom stereocenters. The Morgan fingerprint density at radius 2 is 2.12 bits per heavy atom. The molecule has 1 aliphatic carbocycles. The monoisotopic (exact) mass is 345 g/mol. The Labute approximate surface area is 142 Å². The van der Waals surface area contributed by atoms with Crippen LogP contribution in [0, 0.1) is 13.8 Å². The van der Waals surface area contributed by atoms with Crippen LogP contribution in [0.5, 0.6) is 0 Å². The fourth-order valence-electron chi connectivity index (χ4n) is 3.35. The van der Waals surface area contributed by atoms with Crippen molar-refractivity contribution in [2.24, 2.45) is 0 Å². The van der Waals surface area contributed by atoms with Gasteiger partial charge in [-0.1, -0.05) is 12.8 Å². The van der Waals surface area contributed by atoms with E-state index in [1.807, 2.05) is 13.8 Å². The highest BCUT2D eigenvalue weighted by Crippen LogP contribution is 2.30. The molecule has 1 aliphatic rings. The average molecular weight is 345 g/mol. The van der Waals surface area contributed by atoms with E-state index in [1.54, 1.807) is 11.3 Å². The Bertz CT molecular complexity index is 993. The van der Waals surface area contributed by atoms with E-state index in [9.17, 15) is 9.59 Å². The fraction of sp³-hybridized carbons (Fsp3) is 0.500. The zero-order valence-corrected chi connectivity index (χ0v) is 14.5. The quantitative estimate of drug-likeness (QED) is 0.784. The molecule has 4 rings (SSSR count). The second-order valence-corrected chi connectivity index (χ2v) is 7.59. The summed E-state index contributed by atoms with van der Waals surface area (Å²) in [5.74, 6) is -0.158. The van der Waals surface area contributed by atoms with E-state index in [0.717, 1.165) is 46.3 Å². The Morgan fingerprint density at radius 1 is 1.38 bits per heavy atom. The van der Waals surface area contributed by atoms with Crippen LogP contribution in [0.2, 0.25) is 0 Å². The van der Waals surface area contributed by atoms with Crippen LogP contribution in [0.1, 0.15) is 36.1 Å². The summed E-state index contributed by atoms with van der Waals surface area (Å²) < 4.78 is 2.65. The van der Waals surface area contributed by atoms with Gasteiger partial charge in [0, 0.05) is 10.9 Å². The van der Waals surface area contributed by atoms with Crippen LogP contribution >= 0.6 is 11.3 Å². The highest BCUT2D eigenvalue weighted by atomic mass is 32.1. The molecule has 0 radical (unpaired) electrons. The van der Waals surface area contributed by atoms with Gasteiger partial charge in [0.25, 0.3) is 0 Å². The predicted octanol–water partition coefficient (Wildman–Crippen LogP) is 1.78. The van der Waals surface area contributed by atoms with E-state index in [2.05, 4.69) is 15.4 Å². The van der Waals surface area contributed by atoms with Gasteiger partial charge in [0.2, 0.25) is 5.91 Å². The fourth-order valence-corrected chi connectivity index (χ4v) is 4.34. The van der Waals surface area contributed by atoms with E-state index >= 15 is 0 Å². The number of carbonyl (C=O) groups excluding carboxylic acids is 1. The lowest BCUT2D eigenvalue weighted by atomic mass is 10.2. The van der Waals surface area contributed by atoms with Gasteiger partial charge in [0.1, 0.15) is 17.7 Å². The van der Waals surface area contributed by atoms with Crippen molar-refractivity contribution in [1.82, 2.24) is 24.5 Å². The van der Waals surface area contributed by atoms with Gasteiger partial charge in [-0.3, -0.25) is 4.79 Å². The molecular formula is C16H19N5O2S. The van der Waals surface area contributed by atoms with Crippen molar-refractivity contribution in [3.05, 3.63) is 27.3 Å². The summed E-state index contributed by atoms with van der Waals surface area (Å²) >= 11 is 1.59. The number of hydrogen-bond donors (Lipinski definition) is 1. The van der Waals surface area contributed by atoms with Crippen LogP contribution in [0.15, 0.2) is 11.1 Å². The first-order valence-corrected chi connectivity index (χ1v) is 8.99. The molecule has 0 unspecified atom stereocenters.